The highest BCUT2D eigenvalue weighted by Gasteiger charge is 2.31. The Morgan fingerprint density at radius 1 is 1.15 bits per heavy atom. The van der Waals surface area contributed by atoms with Gasteiger partial charge in [0.15, 0.2) is 23.4 Å². The minimum Gasteiger partial charge on any atom is -0.493 e. The Bertz CT molecular complexity index is 1650. The van der Waals surface area contributed by atoms with E-state index >= 15 is 0 Å². The Labute approximate surface area is 235 Å². The molecule has 4 rings (SSSR count). The third-order valence-corrected chi connectivity index (χ3v) is 6.28. The molecule has 0 saturated heterocycles. The third-order valence-electron chi connectivity index (χ3n) is 5.69. The standard InChI is InChI=1S/C28H23BrF3N3O5/c1-4-39-27(37)16(2)40-24-21(29)12-17(13-23(24)38-3)15-33-35-25(18-8-7-9-19(14-18)28(30,31)32)34-22-11-6-5-10-20(22)26(35)36/h5-16H,4H2,1-3H3/t16-/m0/s1. The molecule has 0 N–H and O–H groups in total. The van der Waals surface area contributed by atoms with Gasteiger partial charge in [-0.05, 0) is 71.7 Å². The smallest absolute Gasteiger partial charge is 0.416 e. The van der Waals surface area contributed by atoms with Gasteiger partial charge < -0.3 is 14.2 Å². The van der Waals surface area contributed by atoms with Crippen LogP contribution < -0.4 is 15.0 Å². The SMILES string of the molecule is CCOC(=O)[C@H](C)Oc1c(Br)cc(C=Nn2c(-c3cccc(C(F)(F)F)c3)nc3ccccc3c2=O)cc1OC. The van der Waals surface area contributed by atoms with Gasteiger partial charge >= 0.3 is 12.1 Å². The molecular weight excluding hydrogens is 595 g/mol. The predicted molar refractivity (Wildman–Crippen MR) is 147 cm³/mol. The minimum atomic E-state index is -4.58. The molecule has 208 valence electrons. The summed E-state index contributed by atoms with van der Waals surface area (Å²) in [6.45, 7) is 3.42. The van der Waals surface area contributed by atoms with E-state index in [4.69, 9.17) is 14.2 Å². The summed E-state index contributed by atoms with van der Waals surface area (Å²) in [5.41, 5.74) is -0.624. The number of carbonyl (C=O) groups excluding carboxylic acids is 1. The zero-order valence-corrected chi connectivity index (χ0v) is 23.1. The molecule has 12 heteroatoms. The molecule has 0 bridgehead atoms. The van der Waals surface area contributed by atoms with Crippen LogP contribution in [-0.2, 0) is 15.7 Å². The van der Waals surface area contributed by atoms with E-state index in [1.807, 2.05) is 0 Å². The van der Waals surface area contributed by atoms with Crippen LogP contribution in [0.2, 0.25) is 0 Å². The fourth-order valence-corrected chi connectivity index (χ4v) is 4.34. The average molecular weight is 618 g/mol. The lowest BCUT2D eigenvalue weighted by Gasteiger charge is -2.17. The largest absolute Gasteiger partial charge is 0.493 e. The number of halogens is 4. The summed E-state index contributed by atoms with van der Waals surface area (Å²) in [6.07, 6.45) is -4.17. The van der Waals surface area contributed by atoms with Crippen molar-refractivity contribution < 1.29 is 32.2 Å². The van der Waals surface area contributed by atoms with E-state index in [9.17, 15) is 22.8 Å². The van der Waals surface area contributed by atoms with Crippen LogP contribution in [0.4, 0.5) is 13.2 Å². The normalized spacial score (nSPS) is 12.5. The molecule has 8 nitrogen and oxygen atoms in total. The molecule has 1 heterocycles. The van der Waals surface area contributed by atoms with E-state index < -0.39 is 29.4 Å². The number of rotatable bonds is 8. The van der Waals surface area contributed by atoms with E-state index in [0.29, 0.717) is 15.6 Å². The van der Waals surface area contributed by atoms with E-state index in [-0.39, 0.29) is 34.9 Å². The summed E-state index contributed by atoms with van der Waals surface area (Å²) in [5.74, 6) is -0.115. The van der Waals surface area contributed by atoms with Gasteiger partial charge in [-0.2, -0.15) is 22.9 Å². The maximum atomic E-state index is 13.4. The van der Waals surface area contributed by atoms with Crippen LogP contribution >= 0.6 is 15.9 Å². The van der Waals surface area contributed by atoms with E-state index in [0.717, 1.165) is 16.8 Å². The first kappa shape index (κ1) is 28.8. The molecular formula is C28H23BrF3N3O5. The summed E-state index contributed by atoms with van der Waals surface area (Å²) in [4.78, 5) is 29.9. The van der Waals surface area contributed by atoms with E-state index in [1.54, 1.807) is 43.3 Å². The second kappa shape index (κ2) is 11.9. The number of hydrogen-bond acceptors (Lipinski definition) is 7. The van der Waals surface area contributed by atoms with Gasteiger partial charge in [0, 0.05) is 5.56 Å². The molecule has 0 radical (unpaired) electrons. The predicted octanol–water partition coefficient (Wildman–Crippen LogP) is 6.07. The summed E-state index contributed by atoms with van der Waals surface area (Å²) in [6, 6.07) is 14.2. The second-order valence-corrected chi connectivity index (χ2v) is 9.29. The number of alkyl halides is 3. The van der Waals surface area contributed by atoms with Crippen molar-refractivity contribution in [2.45, 2.75) is 26.1 Å². The number of fused-ring (bicyclic) bond motifs is 1. The number of hydrogen-bond donors (Lipinski definition) is 0. The van der Waals surface area contributed by atoms with Crippen LogP contribution in [0.25, 0.3) is 22.3 Å². The highest BCUT2D eigenvalue weighted by atomic mass is 79.9. The highest BCUT2D eigenvalue weighted by Crippen LogP contribution is 2.37. The van der Waals surface area contributed by atoms with Crippen molar-refractivity contribution in [2.24, 2.45) is 5.10 Å². The number of ether oxygens (including phenoxy) is 3. The summed E-state index contributed by atoms with van der Waals surface area (Å²) >= 11 is 3.40. The Morgan fingerprint density at radius 3 is 2.60 bits per heavy atom. The molecule has 0 aliphatic heterocycles. The Kier molecular flexibility index (Phi) is 8.58. The molecule has 0 unspecified atom stereocenters. The Hall–Kier alpha value is -4.19. The first-order valence-corrected chi connectivity index (χ1v) is 12.8. The molecule has 0 amide bonds. The van der Waals surface area contributed by atoms with Crippen molar-refractivity contribution in [2.75, 3.05) is 13.7 Å². The fraction of sp³-hybridized carbons (Fsp3) is 0.214. The maximum Gasteiger partial charge on any atom is 0.416 e. The third kappa shape index (κ3) is 6.17. The van der Waals surface area contributed by atoms with Crippen molar-refractivity contribution in [1.82, 2.24) is 9.66 Å². The van der Waals surface area contributed by atoms with Gasteiger partial charge in [0.1, 0.15) is 0 Å². The summed E-state index contributed by atoms with van der Waals surface area (Å²) in [5, 5.41) is 4.54. The number of aromatic nitrogens is 2. The van der Waals surface area contributed by atoms with Gasteiger partial charge in [0.05, 0.1) is 40.9 Å². The van der Waals surface area contributed by atoms with Crippen LogP contribution in [0.15, 0.2) is 75.0 Å². The quantitative estimate of drug-likeness (QED) is 0.176. The van der Waals surface area contributed by atoms with Crippen LogP contribution in [0.5, 0.6) is 11.5 Å². The van der Waals surface area contributed by atoms with E-state index in [2.05, 4.69) is 26.0 Å². The van der Waals surface area contributed by atoms with Gasteiger partial charge in [-0.15, -0.1) is 0 Å². The number of esters is 1. The molecule has 4 aromatic rings. The van der Waals surface area contributed by atoms with Crippen molar-refractivity contribution >= 4 is 39.0 Å². The lowest BCUT2D eigenvalue weighted by atomic mass is 10.1. The van der Waals surface area contributed by atoms with Gasteiger partial charge in [0.25, 0.3) is 5.56 Å². The molecule has 0 fully saturated rings. The second-order valence-electron chi connectivity index (χ2n) is 8.44. The molecule has 0 aliphatic carbocycles. The molecule has 0 aliphatic rings. The first-order chi connectivity index (χ1) is 19.0. The molecule has 0 saturated carbocycles. The lowest BCUT2D eigenvalue weighted by molar-refractivity contribution is -0.150. The Morgan fingerprint density at radius 2 is 1.90 bits per heavy atom. The fourth-order valence-electron chi connectivity index (χ4n) is 3.79. The van der Waals surface area contributed by atoms with E-state index in [1.165, 1.54) is 32.4 Å². The van der Waals surface area contributed by atoms with Crippen molar-refractivity contribution in [1.29, 1.82) is 0 Å². The van der Waals surface area contributed by atoms with Gasteiger partial charge in [0.2, 0.25) is 0 Å². The number of methoxy groups -OCH3 is 1. The van der Waals surface area contributed by atoms with Gasteiger partial charge in [-0.3, -0.25) is 4.79 Å². The maximum absolute atomic E-state index is 13.4. The van der Waals surface area contributed by atoms with Gasteiger partial charge in [-0.25, -0.2) is 9.78 Å². The number of carbonyl (C=O) groups is 1. The average Bonchev–Trinajstić information content (AvgIpc) is 2.93. The molecule has 1 aromatic heterocycles. The number of benzene rings is 3. The zero-order valence-electron chi connectivity index (χ0n) is 21.5. The zero-order chi connectivity index (χ0) is 29.0. The van der Waals surface area contributed by atoms with Crippen molar-refractivity contribution in [3.05, 3.63) is 86.6 Å². The Balaban J connectivity index is 1.80. The van der Waals surface area contributed by atoms with Gasteiger partial charge in [-0.1, -0.05) is 24.3 Å². The minimum absolute atomic E-state index is 0.0605. The van der Waals surface area contributed by atoms with Crippen molar-refractivity contribution in [3.63, 3.8) is 0 Å². The number of nitrogens with zero attached hydrogens (tertiary/aromatic N) is 3. The topological polar surface area (TPSA) is 92.0 Å². The van der Waals surface area contributed by atoms with Crippen LogP contribution in [0.3, 0.4) is 0 Å². The summed E-state index contributed by atoms with van der Waals surface area (Å²) < 4.78 is 57.8. The summed E-state index contributed by atoms with van der Waals surface area (Å²) in [7, 11) is 1.41. The van der Waals surface area contributed by atoms with Crippen LogP contribution in [0, 0.1) is 0 Å². The highest BCUT2D eigenvalue weighted by molar-refractivity contribution is 9.10. The van der Waals surface area contributed by atoms with Crippen molar-refractivity contribution in [3.8, 4) is 22.9 Å². The lowest BCUT2D eigenvalue weighted by Crippen LogP contribution is -2.26. The molecule has 1 atom stereocenters. The number of para-hydroxylation sites is 1. The first-order valence-electron chi connectivity index (χ1n) is 12.0. The molecule has 40 heavy (non-hydrogen) atoms. The molecule has 0 spiro atoms. The van der Waals surface area contributed by atoms with Crippen LogP contribution in [-0.4, -0.2) is 41.7 Å². The molecule has 3 aromatic carbocycles. The monoisotopic (exact) mass is 617 g/mol. The van der Waals surface area contributed by atoms with Crippen LogP contribution in [0.1, 0.15) is 25.0 Å².